The van der Waals surface area contributed by atoms with Crippen LogP contribution in [0, 0.1) is 0 Å². The van der Waals surface area contributed by atoms with Crippen molar-refractivity contribution in [2.45, 2.75) is 6.10 Å². The van der Waals surface area contributed by atoms with Crippen LogP contribution in [0.1, 0.15) is 22.0 Å². The standard InChI is InChI=1S/C20H17BrN2O3/c21-14-7-5-13(6-8-14)18-12-23(9-10-26-18)20(25)16-11-22-17-4-2-1-3-15(17)19(16)24/h1-8,11,18H,9-10,12H2,(H,22,24). The van der Waals surface area contributed by atoms with Crippen LogP contribution in [0.15, 0.2) is 64.0 Å². The number of hydrogen-bond acceptors (Lipinski definition) is 3. The summed E-state index contributed by atoms with van der Waals surface area (Å²) in [5.41, 5.74) is 1.66. The molecule has 1 unspecified atom stereocenters. The minimum Gasteiger partial charge on any atom is -0.370 e. The van der Waals surface area contributed by atoms with E-state index >= 15 is 0 Å². The second-order valence-corrected chi connectivity index (χ2v) is 7.15. The Morgan fingerprint density at radius 3 is 2.73 bits per heavy atom. The number of carbonyl (C=O) groups excluding carboxylic acids is 1. The summed E-state index contributed by atoms with van der Waals surface area (Å²) in [4.78, 5) is 30.4. The van der Waals surface area contributed by atoms with Crippen molar-refractivity contribution in [1.82, 2.24) is 9.88 Å². The molecule has 1 N–H and O–H groups in total. The molecular formula is C20H17BrN2O3. The number of nitrogens with one attached hydrogen (secondary N) is 1. The van der Waals surface area contributed by atoms with E-state index in [1.165, 1.54) is 6.20 Å². The Labute approximate surface area is 158 Å². The lowest BCUT2D eigenvalue weighted by Gasteiger charge is -2.33. The van der Waals surface area contributed by atoms with Gasteiger partial charge in [-0.25, -0.2) is 0 Å². The molecule has 2 heterocycles. The summed E-state index contributed by atoms with van der Waals surface area (Å²) in [6.45, 7) is 1.34. The fourth-order valence-electron chi connectivity index (χ4n) is 3.21. The van der Waals surface area contributed by atoms with Crippen LogP contribution in [0.4, 0.5) is 0 Å². The molecule has 4 rings (SSSR count). The third kappa shape index (κ3) is 3.18. The maximum Gasteiger partial charge on any atom is 0.259 e. The number of hydrogen-bond donors (Lipinski definition) is 1. The molecule has 0 saturated carbocycles. The summed E-state index contributed by atoms with van der Waals surface area (Å²) in [7, 11) is 0. The van der Waals surface area contributed by atoms with E-state index in [2.05, 4.69) is 20.9 Å². The van der Waals surface area contributed by atoms with Gasteiger partial charge in [-0.15, -0.1) is 0 Å². The monoisotopic (exact) mass is 412 g/mol. The first kappa shape index (κ1) is 17.0. The largest absolute Gasteiger partial charge is 0.370 e. The highest BCUT2D eigenvalue weighted by molar-refractivity contribution is 9.10. The van der Waals surface area contributed by atoms with Crippen molar-refractivity contribution in [3.63, 3.8) is 0 Å². The van der Waals surface area contributed by atoms with Crippen LogP contribution in [-0.2, 0) is 4.74 Å². The fraction of sp³-hybridized carbons (Fsp3) is 0.200. The Kier molecular flexibility index (Phi) is 4.61. The second kappa shape index (κ2) is 7.05. The van der Waals surface area contributed by atoms with Gasteiger partial charge in [0.1, 0.15) is 11.7 Å². The predicted molar refractivity (Wildman–Crippen MR) is 103 cm³/mol. The maximum absolute atomic E-state index is 12.9. The number of aromatic amines is 1. The van der Waals surface area contributed by atoms with E-state index in [9.17, 15) is 9.59 Å². The number of morpholine rings is 1. The Bertz CT molecular complexity index is 1010. The highest BCUT2D eigenvalue weighted by Gasteiger charge is 2.27. The molecule has 1 atom stereocenters. The molecule has 1 amide bonds. The number of carbonyl (C=O) groups is 1. The Hall–Kier alpha value is -2.44. The van der Waals surface area contributed by atoms with E-state index in [4.69, 9.17) is 4.74 Å². The van der Waals surface area contributed by atoms with Crippen molar-refractivity contribution in [1.29, 1.82) is 0 Å². The van der Waals surface area contributed by atoms with Gasteiger partial charge >= 0.3 is 0 Å². The molecule has 132 valence electrons. The molecule has 2 aromatic carbocycles. The number of pyridine rings is 1. The van der Waals surface area contributed by atoms with Crippen LogP contribution in [0.3, 0.4) is 0 Å². The smallest absolute Gasteiger partial charge is 0.259 e. The van der Waals surface area contributed by atoms with E-state index in [1.807, 2.05) is 36.4 Å². The number of ether oxygens (including phenoxy) is 1. The van der Waals surface area contributed by atoms with E-state index in [-0.39, 0.29) is 23.0 Å². The molecule has 1 aliphatic rings. The molecular weight excluding hydrogens is 396 g/mol. The number of rotatable bonds is 2. The number of fused-ring (bicyclic) bond motifs is 1. The minimum atomic E-state index is -0.262. The molecule has 5 nitrogen and oxygen atoms in total. The third-order valence-electron chi connectivity index (χ3n) is 4.61. The van der Waals surface area contributed by atoms with Crippen LogP contribution >= 0.6 is 15.9 Å². The lowest BCUT2D eigenvalue weighted by atomic mass is 10.1. The molecule has 1 aromatic heterocycles. The summed E-state index contributed by atoms with van der Waals surface area (Å²) in [6, 6.07) is 15.1. The zero-order chi connectivity index (χ0) is 18.1. The van der Waals surface area contributed by atoms with Crippen molar-refractivity contribution >= 4 is 32.7 Å². The average Bonchev–Trinajstić information content (AvgIpc) is 2.69. The van der Waals surface area contributed by atoms with Gasteiger partial charge < -0.3 is 14.6 Å². The topological polar surface area (TPSA) is 62.4 Å². The van der Waals surface area contributed by atoms with Gasteiger partial charge in [0.25, 0.3) is 5.91 Å². The quantitative estimate of drug-likeness (QED) is 0.700. The Balaban J connectivity index is 1.61. The summed E-state index contributed by atoms with van der Waals surface area (Å²) < 4.78 is 6.82. The van der Waals surface area contributed by atoms with Crippen LogP contribution < -0.4 is 5.43 Å². The van der Waals surface area contributed by atoms with Gasteiger partial charge in [-0.1, -0.05) is 40.2 Å². The number of aromatic nitrogens is 1. The van der Waals surface area contributed by atoms with E-state index in [1.54, 1.807) is 17.0 Å². The molecule has 0 aliphatic carbocycles. The number of benzene rings is 2. The van der Waals surface area contributed by atoms with Gasteiger partial charge in [-0.3, -0.25) is 9.59 Å². The molecule has 0 spiro atoms. The molecule has 0 bridgehead atoms. The number of para-hydroxylation sites is 1. The molecule has 1 aliphatic heterocycles. The van der Waals surface area contributed by atoms with Crippen molar-refractivity contribution in [3.8, 4) is 0 Å². The van der Waals surface area contributed by atoms with E-state index in [0.717, 1.165) is 15.6 Å². The van der Waals surface area contributed by atoms with Gasteiger partial charge in [-0.2, -0.15) is 0 Å². The summed E-state index contributed by atoms with van der Waals surface area (Å²) in [5.74, 6) is -0.262. The molecule has 26 heavy (non-hydrogen) atoms. The molecule has 1 fully saturated rings. The van der Waals surface area contributed by atoms with Crippen molar-refractivity contribution < 1.29 is 9.53 Å². The van der Waals surface area contributed by atoms with Crippen molar-refractivity contribution in [2.75, 3.05) is 19.7 Å². The Morgan fingerprint density at radius 1 is 1.15 bits per heavy atom. The number of nitrogens with zero attached hydrogens (tertiary/aromatic N) is 1. The first-order valence-corrected chi connectivity index (χ1v) is 9.19. The highest BCUT2D eigenvalue weighted by Crippen LogP contribution is 2.24. The maximum atomic E-state index is 12.9. The summed E-state index contributed by atoms with van der Waals surface area (Å²) in [6.07, 6.45) is 1.32. The Morgan fingerprint density at radius 2 is 1.92 bits per heavy atom. The van der Waals surface area contributed by atoms with Crippen LogP contribution in [0.5, 0.6) is 0 Å². The first-order valence-electron chi connectivity index (χ1n) is 8.40. The van der Waals surface area contributed by atoms with Crippen molar-refractivity contribution in [2.24, 2.45) is 0 Å². The van der Waals surface area contributed by atoms with Crippen molar-refractivity contribution in [3.05, 3.63) is 80.6 Å². The zero-order valence-electron chi connectivity index (χ0n) is 13.9. The van der Waals surface area contributed by atoms with Crippen LogP contribution in [0.25, 0.3) is 10.9 Å². The zero-order valence-corrected chi connectivity index (χ0v) is 15.5. The molecule has 3 aromatic rings. The number of H-pyrrole nitrogens is 1. The lowest BCUT2D eigenvalue weighted by molar-refractivity contribution is -0.0228. The summed E-state index contributed by atoms with van der Waals surface area (Å²) in [5, 5.41) is 0.524. The van der Waals surface area contributed by atoms with Crippen LogP contribution in [-0.4, -0.2) is 35.5 Å². The van der Waals surface area contributed by atoms with E-state index in [0.29, 0.717) is 25.1 Å². The normalized spacial score (nSPS) is 17.4. The first-order chi connectivity index (χ1) is 12.6. The van der Waals surface area contributed by atoms with Gasteiger partial charge in [-0.05, 0) is 29.8 Å². The van der Waals surface area contributed by atoms with Gasteiger partial charge in [0.2, 0.25) is 5.43 Å². The fourth-order valence-corrected chi connectivity index (χ4v) is 3.47. The van der Waals surface area contributed by atoms with Gasteiger partial charge in [0, 0.05) is 28.1 Å². The average molecular weight is 413 g/mol. The molecule has 6 heteroatoms. The summed E-state index contributed by atoms with van der Waals surface area (Å²) >= 11 is 3.42. The minimum absolute atomic E-state index is 0.167. The number of amides is 1. The molecule has 1 saturated heterocycles. The predicted octanol–water partition coefficient (Wildman–Crippen LogP) is 3.50. The second-order valence-electron chi connectivity index (χ2n) is 6.24. The van der Waals surface area contributed by atoms with Gasteiger partial charge in [0.05, 0.1) is 13.2 Å². The van der Waals surface area contributed by atoms with Gasteiger partial charge in [0.15, 0.2) is 0 Å². The van der Waals surface area contributed by atoms with Crippen LogP contribution in [0.2, 0.25) is 0 Å². The van der Waals surface area contributed by atoms with E-state index < -0.39 is 0 Å². The number of halogens is 1. The SMILES string of the molecule is O=C(c1c[nH]c2ccccc2c1=O)N1CCOC(c2ccc(Br)cc2)C1. The molecule has 0 radical (unpaired) electrons. The lowest BCUT2D eigenvalue weighted by Crippen LogP contribution is -2.43. The highest BCUT2D eigenvalue weighted by atomic mass is 79.9. The third-order valence-corrected chi connectivity index (χ3v) is 5.14.